The first-order chi connectivity index (χ1) is 9.15. The van der Waals surface area contributed by atoms with Crippen molar-refractivity contribution in [3.05, 3.63) is 58.3 Å². The second-order valence-corrected chi connectivity index (χ2v) is 5.19. The number of aryl methyl sites for hydroxylation is 1. The number of nitrogens with two attached hydrogens (primary N) is 1. The molecular formula is C15H15BrFNO. The summed E-state index contributed by atoms with van der Waals surface area (Å²) in [5.41, 5.74) is 7.63. The Hall–Kier alpha value is -1.55. The molecule has 100 valence electrons. The second-order valence-electron chi connectivity index (χ2n) is 4.27. The van der Waals surface area contributed by atoms with E-state index in [0.717, 1.165) is 23.0 Å². The van der Waals surface area contributed by atoms with Crippen LogP contribution in [-0.2, 0) is 6.42 Å². The predicted octanol–water partition coefficient (Wildman–Crippen LogP) is 4.18. The van der Waals surface area contributed by atoms with Crippen LogP contribution in [-0.4, -0.2) is 6.61 Å². The van der Waals surface area contributed by atoms with Crippen LogP contribution in [0.15, 0.2) is 46.9 Å². The van der Waals surface area contributed by atoms with Gasteiger partial charge in [0, 0.05) is 10.2 Å². The Morgan fingerprint density at radius 3 is 2.79 bits per heavy atom. The number of halogens is 2. The van der Waals surface area contributed by atoms with Gasteiger partial charge in [0.25, 0.3) is 0 Å². The lowest BCUT2D eigenvalue weighted by Gasteiger charge is -2.08. The molecule has 4 heteroatoms. The van der Waals surface area contributed by atoms with Crippen molar-refractivity contribution in [2.75, 3.05) is 12.3 Å². The smallest absolute Gasteiger partial charge is 0.165 e. The topological polar surface area (TPSA) is 35.2 Å². The Morgan fingerprint density at radius 2 is 2.00 bits per heavy atom. The molecule has 0 aliphatic carbocycles. The Bertz CT molecular complexity index is 560. The molecule has 0 aromatic heterocycles. The minimum Gasteiger partial charge on any atom is -0.490 e. The van der Waals surface area contributed by atoms with Gasteiger partial charge in [-0.15, -0.1) is 0 Å². The van der Waals surface area contributed by atoms with E-state index in [1.807, 2.05) is 24.3 Å². The molecule has 0 radical (unpaired) electrons. The zero-order valence-corrected chi connectivity index (χ0v) is 12.0. The van der Waals surface area contributed by atoms with Crippen molar-refractivity contribution in [1.29, 1.82) is 0 Å². The summed E-state index contributed by atoms with van der Waals surface area (Å²) in [6.45, 7) is 0.474. The van der Waals surface area contributed by atoms with Crippen LogP contribution in [0.1, 0.15) is 12.0 Å². The largest absolute Gasteiger partial charge is 0.490 e. The van der Waals surface area contributed by atoms with Gasteiger partial charge >= 0.3 is 0 Å². The lowest BCUT2D eigenvalue weighted by atomic mass is 10.1. The van der Waals surface area contributed by atoms with Crippen molar-refractivity contribution in [3.63, 3.8) is 0 Å². The molecule has 2 aromatic rings. The van der Waals surface area contributed by atoms with Crippen molar-refractivity contribution in [2.24, 2.45) is 0 Å². The highest BCUT2D eigenvalue weighted by molar-refractivity contribution is 9.10. The van der Waals surface area contributed by atoms with Crippen LogP contribution in [0.5, 0.6) is 5.75 Å². The maximum Gasteiger partial charge on any atom is 0.165 e. The van der Waals surface area contributed by atoms with Gasteiger partial charge in [-0.1, -0.05) is 28.1 Å². The minimum absolute atomic E-state index is 0.280. The monoisotopic (exact) mass is 323 g/mol. The Labute approximate surface area is 120 Å². The second kappa shape index (κ2) is 6.57. The van der Waals surface area contributed by atoms with E-state index in [1.54, 1.807) is 12.1 Å². The fourth-order valence-electron chi connectivity index (χ4n) is 1.79. The summed E-state index contributed by atoms with van der Waals surface area (Å²) in [5, 5.41) is 0. The average molecular weight is 324 g/mol. The van der Waals surface area contributed by atoms with Crippen LogP contribution >= 0.6 is 15.9 Å². The average Bonchev–Trinajstić information content (AvgIpc) is 2.39. The number of hydrogen-bond donors (Lipinski definition) is 1. The molecule has 0 fully saturated rings. The maximum atomic E-state index is 13.4. The molecule has 0 saturated heterocycles. The summed E-state index contributed by atoms with van der Waals surface area (Å²) in [6.07, 6.45) is 1.68. The van der Waals surface area contributed by atoms with E-state index in [-0.39, 0.29) is 11.6 Å². The Morgan fingerprint density at radius 1 is 1.16 bits per heavy atom. The summed E-state index contributed by atoms with van der Waals surface area (Å²) in [4.78, 5) is 0. The van der Waals surface area contributed by atoms with E-state index in [4.69, 9.17) is 10.5 Å². The van der Waals surface area contributed by atoms with E-state index in [1.165, 1.54) is 11.6 Å². The van der Waals surface area contributed by atoms with Gasteiger partial charge < -0.3 is 10.5 Å². The number of anilines is 1. The molecule has 2 rings (SSSR count). The molecule has 0 amide bonds. The Balaban J connectivity index is 1.82. The molecule has 0 heterocycles. The first-order valence-corrected chi connectivity index (χ1v) is 6.87. The number of ether oxygens (including phenoxy) is 1. The lowest BCUT2D eigenvalue weighted by molar-refractivity contribution is 0.295. The van der Waals surface area contributed by atoms with Crippen molar-refractivity contribution >= 4 is 21.6 Å². The first-order valence-electron chi connectivity index (χ1n) is 6.07. The van der Waals surface area contributed by atoms with Crippen LogP contribution in [0.2, 0.25) is 0 Å². The highest BCUT2D eigenvalue weighted by atomic mass is 79.9. The van der Waals surface area contributed by atoms with Gasteiger partial charge in [-0.05, 0) is 48.7 Å². The molecule has 19 heavy (non-hydrogen) atoms. The van der Waals surface area contributed by atoms with Crippen molar-refractivity contribution in [2.45, 2.75) is 12.8 Å². The molecule has 0 unspecified atom stereocenters. The van der Waals surface area contributed by atoms with Crippen LogP contribution in [0.25, 0.3) is 0 Å². The quantitative estimate of drug-likeness (QED) is 0.661. The summed E-state index contributed by atoms with van der Waals surface area (Å²) in [6, 6.07) is 12.4. The van der Waals surface area contributed by atoms with Crippen LogP contribution < -0.4 is 10.5 Å². The summed E-state index contributed by atoms with van der Waals surface area (Å²) in [7, 11) is 0. The fourth-order valence-corrected chi connectivity index (χ4v) is 2.13. The molecule has 0 bridgehead atoms. The molecule has 0 saturated carbocycles. The normalized spacial score (nSPS) is 10.4. The summed E-state index contributed by atoms with van der Waals surface area (Å²) >= 11 is 3.29. The van der Waals surface area contributed by atoms with E-state index in [0.29, 0.717) is 6.61 Å². The van der Waals surface area contributed by atoms with Gasteiger partial charge in [-0.25, -0.2) is 4.39 Å². The van der Waals surface area contributed by atoms with E-state index >= 15 is 0 Å². The van der Waals surface area contributed by atoms with Crippen molar-refractivity contribution < 1.29 is 9.13 Å². The Kier molecular flexibility index (Phi) is 4.80. The van der Waals surface area contributed by atoms with Gasteiger partial charge in [0.05, 0.1) is 6.61 Å². The van der Waals surface area contributed by atoms with Crippen LogP contribution in [0.4, 0.5) is 10.1 Å². The molecule has 0 atom stereocenters. The van der Waals surface area contributed by atoms with Crippen LogP contribution in [0.3, 0.4) is 0 Å². The lowest BCUT2D eigenvalue weighted by Crippen LogP contribution is -2.01. The van der Waals surface area contributed by atoms with E-state index in [9.17, 15) is 4.39 Å². The standard InChI is InChI=1S/C15H15BrFNO/c16-12-6-7-14(17)15(10-12)19-8-2-4-11-3-1-5-13(18)9-11/h1,3,5-7,9-10H,2,4,8,18H2. The number of benzene rings is 2. The van der Waals surface area contributed by atoms with Gasteiger partial charge in [0.1, 0.15) is 0 Å². The molecular weight excluding hydrogens is 309 g/mol. The molecule has 2 N–H and O–H groups in total. The van der Waals surface area contributed by atoms with Crippen molar-refractivity contribution in [1.82, 2.24) is 0 Å². The highest BCUT2D eigenvalue weighted by Gasteiger charge is 2.03. The summed E-state index contributed by atoms with van der Waals surface area (Å²) < 4.78 is 19.6. The molecule has 0 aliphatic heterocycles. The van der Waals surface area contributed by atoms with Gasteiger partial charge in [0.2, 0.25) is 0 Å². The van der Waals surface area contributed by atoms with E-state index < -0.39 is 0 Å². The number of nitrogen functional groups attached to an aromatic ring is 1. The van der Waals surface area contributed by atoms with Crippen molar-refractivity contribution in [3.8, 4) is 5.75 Å². The fraction of sp³-hybridized carbons (Fsp3) is 0.200. The zero-order chi connectivity index (χ0) is 13.7. The maximum absolute atomic E-state index is 13.4. The third-order valence-electron chi connectivity index (χ3n) is 2.71. The zero-order valence-electron chi connectivity index (χ0n) is 10.4. The van der Waals surface area contributed by atoms with Gasteiger partial charge in [0.15, 0.2) is 11.6 Å². The molecule has 0 spiro atoms. The minimum atomic E-state index is -0.341. The van der Waals surface area contributed by atoms with E-state index in [2.05, 4.69) is 15.9 Å². The third-order valence-corrected chi connectivity index (χ3v) is 3.20. The first kappa shape index (κ1) is 13.9. The highest BCUT2D eigenvalue weighted by Crippen LogP contribution is 2.22. The number of hydrogen-bond acceptors (Lipinski definition) is 2. The SMILES string of the molecule is Nc1cccc(CCCOc2cc(Br)ccc2F)c1. The van der Waals surface area contributed by atoms with Gasteiger partial charge in [-0.3, -0.25) is 0 Å². The third kappa shape index (κ3) is 4.24. The molecule has 2 nitrogen and oxygen atoms in total. The predicted molar refractivity (Wildman–Crippen MR) is 78.8 cm³/mol. The van der Waals surface area contributed by atoms with Crippen LogP contribution in [0, 0.1) is 5.82 Å². The molecule has 2 aromatic carbocycles. The number of rotatable bonds is 5. The summed E-state index contributed by atoms with van der Waals surface area (Å²) in [5.74, 6) is -0.0610. The van der Waals surface area contributed by atoms with Gasteiger partial charge in [-0.2, -0.15) is 0 Å². The molecule has 0 aliphatic rings.